The molecule has 0 aromatic heterocycles. The fourth-order valence-corrected chi connectivity index (χ4v) is 5.37. The van der Waals surface area contributed by atoms with E-state index in [2.05, 4.69) is 16.0 Å². The van der Waals surface area contributed by atoms with E-state index in [9.17, 15) is 20.4 Å². The molecule has 0 radical (unpaired) electrons. The van der Waals surface area contributed by atoms with E-state index in [4.69, 9.17) is 25.8 Å². The Labute approximate surface area is 198 Å². The summed E-state index contributed by atoms with van der Waals surface area (Å²) in [5.74, 6) is -2.23. The third kappa shape index (κ3) is 4.43. The van der Waals surface area contributed by atoms with Gasteiger partial charge in [0.1, 0.15) is 23.9 Å². The summed E-state index contributed by atoms with van der Waals surface area (Å²) in [6.07, 6.45) is -5.67. The summed E-state index contributed by atoms with van der Waals surface area (Å²) >= 11 is 5.94. The molecule has 1 aromatic carbocycles. The first-order chi connectivity index (χ1) is 15.6. The maximum Gasteiger partial charge on any atom is 0.249 e. The van der Waals surface area contributed by atoms with E-state index in [0.717, 1.165) is 5.56 Å². The first kappa shape index (κ1) is 25.2. The second-order valence-corrected chi connectivity index (χ2v) is 9.67. The Morgan fingerprint density at radius 2 is 1.67 bits per heavy atom. The number of halogens is 1. The highest BCUT2D eigenvalue weighted by Gasteiger charge is 2.68. The Hall–Kier alpha value is -0.890. The number of ether oxygens (including phenoxy) is 3. The lowest BCUT2D eigenvalue weighted by Crippen LogP contribution is -2.81. The highest BCUT2D eigenvalue weighted by atomic mass is 35.5. The minimum absolute atomic E-state index is 0.00839. The molecular weight excluding hydrogens is 454 g/mol. The van der Waals surface area contributed by atoms with Crippen LogP contribution in [0.2, 0.25) is 5.02 Å². The molecule has 2 aliphatic heterocycles. The van der Waals surface area contributed by atoms with Gasteiger partial charge >= 0.3 is 0 Å². The molecule has 10 nitrogen and oxygen atoms in total. The van der Waals surface area contributed by atoms with Crippen molar-refractivity contribution >= 4 is 11.6 Å². The molecule has 33 heavy (non-hydrogen) atoms. The standard InChI is InChI=1S/C22H34ClN3O7/c1-11-8-21(29,10-26-9-12-4-6-13(23)7-5-12)22(30)20(31-11)32-19-17(28)14(24-2)16(27)15(25-3)18(19)33-22/h4-7,11,14-20,24-30H,8-10H2,1-3H3/t11-,14-,15+,16+,17+,18-,19-,20+,21-,22-/m1/s1. The molecule has 1 aliphatic carbocycles. The number of aliphatic hydroxyl groups excluding tert-OH is 2. The van der Waals surface area contributed by atoms with Gasteiger partial charge in [-0.15, -0.1) is 0 Å². The predicted molar refractivity (Wildman–Crippen MR) is 119 cm³/mol. The largest absolute Gasteiger partial charge is 0.390 e. The van der Waals surface area contributed by atoms with Gasteiger partial charge in [-0.2, -0.15) is 0 Å². The third-order valence-electron chi connectivity index (χ3n) is 7.01. The fraction of sp³-hybridized carbons (Fsp3) is 0.727. The summed E-state index contributed by atoms with van der Waals surface area (Å²) in [7, 11) is 3.28. The van der Waals surface area contributed by atoms with Gasteiger partial charge in [-0.3, -0.25) is 0 Å². The van der Waals surface area contributed by atoms with Crippen LogP contribution in [-0.4, -0.2) is 101 Å². The molecule has 11 heteroatoms. The maximum atomic E-state index is 11.6. The summed E-state index contributed by atoms with van der Waals surface area (Å²) < 4.78 is 17.9. The Bertz CT molecular complexity index is 820. The van der Waals surface area contributed by atoms with Gasteiger partial charge in [0.2, 0.25) is 12.1 Å². The summed E-state index contributed by atoms with van der Waals surface area (Å²) in [6.45, 7) is 2.20. The van der Waals surface area contributed by atoms with E-state index >= 15 is 0 Å². The summed E-state index contributed by atoms with van der Waals surface area (Å²) in [5, 5.41) is 54.5. The minimum atomic E-state index is -2.23. The van der Waals surface area contributed by atoms with Crippen molar-refractivity contribution in [2.24, 2.45) is 0 Å². The topological polar surface area (TPSA) is 145 Å². The van der Waals surface area contributed by atoms with Crippen LogP contribution in [0.15, 0.2) is 24.3 Å². The van der Waals surface area contributed by atoms with Crippen LogP contribution in [0.4, 0.5) is 0 Å². The van der Waals surface area contributed by atoms with Gasteiger partial charge in [-0.1, -0.05) is 23.7 Å². The number of rotatable bonds is 6. The molecule has 3 fully saturated rings. The van der Waals surface area contributed by atoms with E-state index in [1.807, 2.05) is 12.1 Å². The van der Waals surface area contributed by atoms with Crippen molar-refractivity contribution in [2.45, 2.75) is 80.2 Å². The van der Waals surface area contributed by atoms with Gasteiger partial charge in [0.05, 0.1) is 24.3 Å². The molecule has 2 saturated heterocycles. The lowest BCUT2D eigenvalue weighted by atomic mass is 9.77. The summed E-state index contributed by atoms with van der Waals surface area (Å²) in [4.78, 5) is 0. The van der Waals surface area contributed by atoms with Crippen molar-refractivity contribution in [1.82, 2.24) is 16.0 Å². The molecule has 7 N–H and O–H groups in total. The van der Waals surface area contributed by atoms with Crippen LogP contribution in [0.3, 0.4) is 0 Å². The van der Waals surface area contributed by atoms with E-state index in [-0.39, 0.29) is 13.0 Å². The molecule has 2 heterocycles. The Balaban J connectivity index is 1.56. The van der Waals surface area contributed by atoms with Gasteiger partial charge in [0, 0.05) is 24.5 Å². The molecule has 10 atom stereocenters. The molecular formula is C22H34ClN3O7. The van der Waals surface area contributed by atoms with Crippen molar-refractivity contribution in [3.63, 3.8) is 0 Å². The van der Waals surface area contributed by atoms with Crippen LogP contribution in [0.25, 0.3) is 0 Å². The van der Waals surface area contributed by atoms with Crippen molar-refractivity contribution in [3.8, 4) is 0 Å². The minimum Gasteiger partial charge on any atom is -0.390 e. The number of aliphatic hydroxyl groups is 4. The van der Waals surface area contributed by atoms with Crippen molar-refractivity contribution < 1.29 is 34.6 Å². The molecule has 3 aliphatic rings. The van der Waals surface area contributed by atoms with Crippen LogP contribution in [0.5, 0.6) is 0 Å². The van der Waals surface area contributed by atoms with Gasteiger partial charge in [0.25, 0.3) is 0 Å². The first-order valence-corrected chi connectivity index (χ1v) is 11.6. The second-order valence-electron chi connectivity index (χ2n) is 9.23. The molecule has 0 spiro atoms. The maximum absolute atomic E-state index is 11.6. The Morgan fingerprint density at radius 3 is 2.30 bits per heavy atom. The molecule has 1 saturated carbocycles. The summed E-state index contributed by atoms with van der Waals surface area (Å²) in [5.41, 5.74) is -0.805. The van der Waals surface area contributed by atoms with Gasteiger partial charge in [0.15, 0.2) is 0 Å². The zero-order valence-electron chi connectivity index (χ0n) is 18.9. The number of hydrogen-bond donors (Lipinski definition) is 7. The van der Waals surface area contributed by atoms with Crippen molar-refractivity contribution in [2.75, 3.05) is 20.6 Å². The quantitative estimate of drug-likeness (QED) is 0.258. The van der Waals surface area contributed by atoms with Crippen LogP contribution >= 0.6 is 11.6 Å². The van der Waals surface area contributed by atoms with Crippen LogP contribution in [0, 0.1) is 0 Å². The second kappa shape index (κ2) is 9.63. The average Bonchev–Trinajstić information content (AvgIpc) is 2.76. The van der Waals surface area contributed by atoms with E-state index in [0.29, 0.717) is 11.6 Å². The van der Waals surface area contributed by atoms with Crippen LogP contribution < -0.4 is 16.0 Å². The monoisotopic (exact) mass is 487 g/mol. The van der Waals surface area contributed by atoms with Crippen LogP contribution in [0.1, 0.15) is 18.9 Å². The van der Waals surface area contributed by atoms with Gasteiger partial charge < -0.3 is 50.6 Å². The number of hydrogen-bond acceptors (Lipinski definition) is 10. The highest BCUT2D eigenvalue weighted by Crippen LogP contribution is 2.46. The molecule has 0 unspecified atom stereocenters. The average molecular weight is 488 g/mol. The fourth-order valence-electron chi connectivity index (χ4n) is 5.24. The van der Waals surface area contributed by atoms with Gasteiger partial charge in [-0.05, 0) is 38.7 Å². The lowest BCUT2D eigenvalue weighted by Gasteiger charge is -2.60. The predicted octanol–water partition coefficient (Wildman–Crippen LogP) is -1.32. The molecule has 1 aromatic rings. The SMILES string of the molecule is CN[C@@H]1[C@H](O)[C@H](NC)[C@H]2O[C@]3(O)[C@H](O[C@@H]2[C@H]1O)O[C@H](C)C[C@@]3(O)CNCc1ccc(Cl)cc1. The van der Waals surface area contributed by atoms with E-state index in [1.165, 1.54) is 0 Å². The van der Waals surface area contributed by atoms with Crippen LogP contribution in [-0.2, 0) is 20.8 Å². The van der Waals surface area contributed by atoms with Gasteiger partial charge in [-0.25, -0.2) is 0 Å². The molecule has 4 rings (SSSR count). The van der Waals surface area contributed by atoms with E-state index in [1.54, 1.807) is 33.2 Å². The summed E-state index contributed by atoms with van der Waals surface area (Å²) in [6, 6.07) is 5.94. The number of likely N-dealkylation sites (N-methyl/N-ethyl adjacent to an activating group) is 2. The lowest BCUT2D eigenvalue weighted by molar-refractivity contribution is -0.482. The Morgan fingerprint density at radius 1 is 1.00 bits per heavy atom. The smallest absolute Gasteiger partial charge is 0.249 e. The molecule has 0 bridgehead atoms. The number of nitrogens with one attached hydrogen (secondary N) is 3. The third-order valence-corrected chi connectivity index (χ3v) is 7.26. The van der Waals surface area contributed by atoms with E-state index < -0.39 is 60.3 Å². The van der Waals surface area contributed by atoms with Crippen molar-refractivity contribution in [1.29, 1.82) is 0 Å². The first-order valence-electron chi connectivity index (χ1n) is 11.2. The number of benzene rings is 1. The molecule has 186 valence electrons. The zero-order valence-corrected chi connectivity index (χ0v) is 19.7. The highest BCUT2D eigenvalue weighted by molar-refractivity contribution is 6.30. The number of fused-ring (bicyclic) bond motifs is 2. The van der Waals surface area contributed by atoms with Crippen molar-refractivity contribution in [3.05, 3.63) is 34.9 Å². The normalized spacial score (nSPS) is 45.3. The zero-order chi connectivity index (χ0) is 24.0. The molecule has 0 amide bonds. The Kier molecular flexibility index (Phi) is 7.36.